The lowest BCUT2D eigenvalue weighted by Gasteiger charge is -2.07. The largest absolute Gasteiger partial charge is 0.383 e. The molecule has 1 amide bonds. The maximum Gasteiger partial charge on any atom is 0.239 e. The van der Waals surface area contributed by atoms with Crippen LogP contribution in [0.25, 0.3) is 0 Å². The van der Waals surface area contributed by atoms with Gasteiger partial charge in [-0.2, -0.15) is 0 Å². The van der Waals surface area contributed by atoms with Crippen molar-refractivity contribution in [1.82, 2.24) is 15.3 Å². The molecule has 0 unspecified atom stereocenters. The molecule has 0 aliphatic rings. The van der Waals surface area contributed by atoms with Crippen LogP contribution in [0.2, 0.25) is 5.15 Å². The molecule has 88 valence electrons. The Kier molecular flexibility index (Phi) is 5.52. The van der Waals surface area contributed by atoms with Gasteiger partial charge in [-0.15, -0.1) is 0 Å². The number of nitrogens with zero attached hydrogens (tertiary/aromatic N) is 2. The van der Waals surface area contributed by atoms with E-state index in [2.05, 4.69) is 20.6 Å². The Labute approximate surface area is 98.4 Å². The van der Waals surface area contributed by atoms with Crippen molar-refractivity contribution in [2.45, 2.75) is 0 Å². The number of carbonyl (C=O) groups is 1. The monoisotopic (exact) mass is 244 g/mol. The topological polar surface area (TPSA) is 76.1 Å². The van der Waals surface area contributed by atoms with Crippen LogP contribution in [0.3, 0.4) is 0 Å². The second kappa shape index (κ2) is 6.97. The fourth-order valence-electron chi connectivity index (χ4n) is 0.959. The van der Waals surface area contributed by atoms with E-state index < -0.39 is 0 Å². The maximum absolute atomic E-state index is 11.3. The number of ether oxygens (including phenoxy) is 1. The fraction of sp³-hybridized carbons (Fsp3) is 0.444. The molecule has 0 radical (unpaired) electrons. The van der Waals surface area contributed by atoms with Crippen LogP contribution in [0.5, 0.6) is 0 Å². The molecule has 6 nitrogen and oxygen atoms in total. The minimum atomic E-state index is -0.154. The molecule has 2 N–H and O–H groups in total. The van der Waals surface area contributed by atoms with E-state index in [0.29, 0.717) is 19.0 Å². The van der Waals surface area contributed by atoms with Crippen molar-refractivity contribution in [2.24, 2.45) is 0 Å². The lowest BCUT2D eigenvalue weighted by molar-refractivity contribution is -0.119. The summed E-state index contributed by atoms with van der Waals surface area (Å²) in [7, 11) is 1.57. The van der Waals surface area contributed by atoms with Crippen LogP contribution in [0.4, 0.5) is 5.82 Å². The summed E-state index contributed by atoms with van der Waals surface area (Å²) in [6.45, 7) is 1.06. The Morgan fingerprint density at radius 1 is 1.50 bits per heavy atom. The van der Waals surface area contributed by atoms with Gasteiger partial charge in [-0.25, -0.2) is 9.97 Å². The summed E-state index contributed by atoms with van der Waals surface area (Å²) in [5, 5.41) is 5.68. The zero-order chi connectivity index (χ0) is 11.8. The SMILES string of the molecule is COCCNC(=O)CNc1nccnc1Cl. The molecule has 16 heavy (non-hydrogen) atoms. The van der Waals surface area contributed by atoms with Gasteiger partial charge >= 0.3 is 0 Å². The molecule has 0 fully saturated rings. The molecule has 7 heteroatoms. The third-order valence-electron chi connectivity index (χ3n) is 1.70. The van der Waals surface area contributed by atoms with Gasteiger partial charge in [-0.3, -0.25) is 4.79 Å². The van der Waals surface area contributed by atoms with Crippen LogP contribution >= 0.6 is 11.6 Å². The van der Waals surface area contributed by atoms with E-state index in [0.717, 1.165) is 0 Å². The molecule has 0 saturated carbocycles. The van der Waals surface area contributed by atoms with E-state index in [4.69, 9.17) is 16.3 Å². The van der Waals surface area contributed by atoms with Gasteiger partial charge in [0, 0.05) is 26.0 Å². The van der Waals surface area contributed by atoms with Crippen LogP contribution in [-0.2, 0) is 9.53 Å². The number of anilines is 1. The van der Waals surface area contributed by atoms with Gasteiger partial charge < -0.3 is 15.4 Å². The summed E-state index contributed by atoms with van der Waals surface area (Å²) < 4.78 is 4.80. The van der Waals surface area contributed by atoms with E-state index in [1.54, 1.807) is 7.11 Å². The minimum absolute atomic E-state index is 0.0993. The average Bonchev–Trinajstić information content (AvgIpc) is 2.28. The molecule has 0 aliphatic carbocycles. The minimum Gasteiger partial charge on any atom is -0.383 e. The molecule has 0 aliphatic heterocycles. The molecule has 1 heterocycles. The average molecular weight is 245 g/mol. The van der Waals surface area contributed by atoms with Crippen LogP contribution in [-0.4, -0.2) is 42.7 Å². The van der Waals surface area contributed by atoms with Gasteiger partial charge in [0.1, 0.15) is 0 Å². The number of amides is 1. The highest BCUT2D eigenvalue weighted by Gasteiger charge is 2.04. The van der Waals surface area contributed by atoms with E-state index in [1.165, 1.54) is 12.4 Å². The summed E-state index contributed by atoms with van der Waals surface area (Å²) >= 11 is 5.75. The zero-order valence-corrected chi connectivity index (χ0v) is 9.62. The molecular weight excluding hydrogens is 232 g/mol. The molecule has 1 aromatic heterocycles. The molecule has 0 bridgehead atoms. The van der Waals surface area contributed by atoms with Gasteiger partial charge in [0.05, 0.1) is 13.2 Å². The number of nitrogens with one attached hydrogen (secondary N) is 2. The van der Waals surface area contributed by atoms with Crippen molar-refractivity contribution in [1.29, 1.82) is 0 Å². The Bertz CT molecular complexity index is 348. The Morgan fingerprint density at radius 3 is 2.94 bits per heavy atom. The number of carbonyl (C=O) groups excluding carboxylic acids is 1. The zero-order valence-electron chi connectivity index (χ0n) is 8.86. The standard InChI is InChI=1S/C9H13ClN4O2/c1-16-5-4-11-7(15)6-14-9-8(10)12-2-3-13-9/h2-3H,4-6H2,1H3,(H,11,15)(H,13,14). The molecule has 0 saturated heterocycles. The van der Waals surface area contributed by atoms with Crippen LogP contribution < -0.4 is 10.6 Å². The first kappa shape index (κ1) is 12.7. The summed E-state index contributed by atoms with van der Waals surface area (Å²) in [6, 6.07) is 0. The summed E-state index contributed by atoms with van der Waals surface area (Å²) in [6.07, 6.45) is 2.98. The summed E-state index contributed by atoms with van der Waals surface area (Å²) in [4.78, 5) is 19.0. The highest BCUT2D eigenvalue weighted by molar-refractivity contribution is 6.31. The second-order valence-corrected chi connectivity index (χ2v) is 3.25. The first-order chi connectivity index (χ1) is 7.74. The van der Waals surface area contributed by atoms with Crippen molar-refractivity contribution in [3.63, 3.8) is 0 Å². The predicted octanol–water partition coefficient (Wildman–Crippen LogP) is 0.305. The Hall–Kier alpha value is -1.40. The number of methoxy groups -OCH3 is 1. The van der Waals surface area contributed by atoms with E-state index in [9.17, 15) is 4.79 Å². The molecule has 1 aromatic rings. The summed E-state index contributed by atoms with van der Waals surface area (Å²) in [5.41, 5.74) is 0. The highest BCUT2D eigenvalue weighted by atomic mass is 35.5. The molecule has 0 spiro atoms. The van der Waals surface area contributed by atoms with Gasteiger partial charge in [0.2, 0.25) is 5.91 Å². The van der Waals surface area contributed by atoms with E-state index >= 15 is 0 Å². The van der Waals surface area contributed by atoms with Gasteiger partial charge in [-0.1, -0.05) is 11.6 Å². The number of halogens is 1. The van der Waals surface area contributed by atoms with E-state index in [1.807, 2.05) is 0 Å². The number of hydrogen-bond acceptors (Lipinski definition) is 5. The number of rotatable bonds is 6. The van der Waals surface area contributed by atoms with Gasteiger partial charge in [0.15, 0.2) is 11.0 Å². The third kappa shape index (κ3) is 4.41. The van der Waals surface area contributed by atoms with Gasteiger partial charge in [0.25, 0.3) is 0 Å². The number of hydrogen-bond donors (Lipinski definition) is 2. The number of aromatic nitrogens is 2. The molecule has 1 rings (SSSR count). The van der Waals surface area contributed by atoms with Crippen LogP contribution in [0.15, 0.2) is 12.4 Å². The third-order valence-corrected chi connectivity index (χ3v) is 1.97. The van der Waals surface area contributed by atoms with E-state index in [-0.39, 0.29) is 17.6 Å². The van der Waals surface area contributed by atoms with Crippen LogP contribution in [0.1, 0.15) is 0 Å². The normalized spacial score (nSPS) is 9.88. The molecule has 0 atom stereocenters. The lowest BCUT2D eigenvalue weighted by Crippen LogP contribution is -2.32. The Morgan fingerprint density at radius 2 is 2.25 bits per heavy atom. The highest BCUT2D eigenvalue weighted by Crippen LogP contribution is 2.12. The second-order valence-electron chi connectivity index (χ2n) is 2.89. The van der Waals surface area contributed by atoms with Crippen molar-refractivity contribution >= 4 is 23.3 Å². The Balaban J connectivity index is 2.29. The maximum atomic E-state index is 11.3. The van der Waals surface area contributed by atoms with Crippen LogP contribution in [0, 0.1) is 0 Å². The smallest absolute Gasteiger partial charge is 0.239 e. The predicted molar refractivity (Wildman–Crippen MR) is 60.4 cm³/mol. The van der Waals surface area contributed by atoms with Crippen molar-refractivity contribution in [3.8, 4) is 0 Å². The molecular formula is C9H13ClN4O2. The van der Waals surface area contributed by atoms with Crippen molar-refractivity contribution in [3.05, 3.63) is 17.5 Å². The molecule has 0 aromatic carbocycles. The quantitative estimate of drug-likeness (QED) is 0.704. The first-order valence-corrected chi connectivity index (χ1v) is 5.08. The van der Waals surface area contributed by atoms with Crippen molar-refractivity contribution in [2.75, 3.05) is 32.1 Å². The first-order valence-electron chi connectivity index (χ1n) is 4.70. The van der Waals surface area contributed by atoms with Gasteiger partial charge in [-0.05, 0) is 0 Å². The lowest BCUT2D eigenvalue weighted by atomic mass is 10.5. The van der Waals surface area contributed by atoms with Crippen molar-refractivity contribution < 1.29 is 9.53 Å². The summed E-state index contributed by atoms with van der Waals surface area (Å²) in [5.74, 6) is 0.241. The fourth-order valence-corrected chi connectivity index (χ4v) is 1.13.